The largest absolute Gasteiger partial charge is 0.497 e. The van der Waals surface area contributed by atoms with E-state index in [4.69, 9.17) is 9.47 Å². The summed E-state index contributed by atoms with van der Waals surface area (Å²) in [5, 5.41) is 6.93. The molecule has 3 N–H and O–H groups in total. The van der Waals surface area contributed by atoms with Crippen LogP contribution in [0, 0.1) is 5.92 Å². The first-order valence-corrected chi connectivity index (χ1v) is 11.6. The lowest BCUT2D eigenvalue weighted by molar-refractivity contribution is -0.126. The first-order valence-electron chi connectivity index (χ1n) is 11.6. The fourth-order valence-corrected chi connectivity index (χ4v) is 4.43. The number of amides is 1. The van der Waals surface area contributed by atoms with E-state index in [0.717, 1.165) is 31.4 Å². The minimum atomic E-state index is -0.312. The molecule has 9 heteroatoms. The van der Waals surface area contributed by atoms with E-state index in [1.807, 2.05) is 26.0 Å². The lowest BCUT2D eigenvalue weighted by Crippen LogP contribution is -2.38. The van der Waals surface area contributed by atoms with Crippen molar-refractivity contribution in [3.8, 4) is 23.0 Å². The normalized spacial score (nSPS) is 18.0. The number of ether oxygens (including phenoxy) is 2. The molecular weight excluding hydrogens is 434 g/mol. The molecule has 1 aliphatic rings. The maximum atomic E-state index is 12.9. The first-order chi connectivity index (χ1) is 16.4. The van der Waals surface area contributed by atoms with Crippen molar-refractivity contribution in [1.82, 2.24) is 20.3 Å². The van der Waals surface area contributed by atoms with Gasteiger partial charge in [-0.05, 0) is 51.7 Å². The van der Waals surface area contributed by atoms with Gasteiger partial charge in [-0.3, -0.25) is 14.6 Å². The monoisotopic (exact) mass is 465 g/mol. The van der Waals surface area contributed by atoms with E-state index >= 15 is 0 Å². The highest BCUT2D eigenvalue weighted by Crippen LogP contribution is 2.32. The van der Waals surface area contributed by atoms with Crippen molar-refractivity contribution < 1.29 is 14.3 Å². The Balaban J connectivity index is 1.59. The molecule has 0 saturated heterocycles. The Morgan fingerprint density at radius 2 is 1.91 bits per heavy atom. The summed E-state index contributed by atoms with van der Waals surface area (Å²) in [7, 11) is 3.06. The number of hydrogen-bond acceptors (Lipinski definition) is 7. The number of aromatic nitrogens is 3. The summed E-state index contributed by atoms with van der Waals surface area (Å²) in [5.41, 5.74) is 1.49. The highest BCUT2D eigenvalue weighted by atomic mass is 16.5. The summed E-state index contributed by atoms with van der Waals surface area (Å²) in [6, 6.07) is 7.49. The Hall–Kier alpha value is -3.62. The summed E-state index contributed by atoms with van der Waals surface area (Å²) in [6.45, 7) is 3.96. The summed E-state index contributed by atoms with van der Waals surface area (Å²) in [6.07, 6.45) is 5.08. The quantitative estimate of drug-likeness (QED) is 0.489. The molecule has 0 aliphatic heterocycles. The zero-order chi connectivity index (χ0) is 24.2. The summed E-state index contributed by atoms with van der Waals surface area (Å²) < 4.78 is 10.7. The van der Waals surface area contributed by atoms with Gasteiger partial charge in [-0.15, -0.1) is 0 Å². The number of pyridine rings is 1. The highest BCUT2D eigenvalue weighted by Gasteiger charge is 2.27. The number of nitrogens with one attached hydrogen (secondary N) is 3. The predicted molar refractivity (Wildman–Crippen MR) is 131 cm³/mol. The van der Waals surface area contributed by atoms with Crippen molar-refractivity contribution in [2.75, 3.05) is 19.5 Å². The van der Waals surface area contributed by atoms with Crippen molar-refractivity contribution in [2.24, 2.45) is 5.92 Å². The Labute approximate surface area is 198 Å². The van der Waals surface area contributed by atoms with Gasteiger partial charge in [0.2, 0.25) is 5.91 Å². The Kier molecular flexibility index (Phi) is 7.00. The molecule has 4 rings (SSSR count). The number of rotatable bonds is 7. The van der Waals surface area contributed by atoms with Crippen LogP contribution in [0.3, 0.4) is 0 Å². The third kappa shape index (κ3) is 4.98. The first kappa shape index (κ1) is 23.5. The third-order valence-electron chi connectivity index (χ3n) is 6.12. The van der Waals surface area contributed by atoms with Crippen molar-refractivity contribution in [3.63, 3.8) is 0 Å². The molecule has 3 aromatic rings. The zero-order valence-electron chi connectivity index (χ0n) is 20.0. The molecule has 1 amide bonds. The summed E-state index contributed by atoms with van der Waals surface area (Å²) in [4.78, 5) is 37.3. The lowest BCUT2D eigenvalue weighted by Gasteiger charge is -2.30. The molecule has 0 atom stereocenters. The van der Waals surface area contributed by atoms with E-state index in [0.29, 0.717) is 33.9 Å². The van der Waals surface area contributed by atoms with Gasteiger partial charge >= 0.3 is 0 Å². The van der Waals surface area contributed by atoms with Crippen LogP contribution < -0.4 is 25.7 Å². The van der Waals surface area contributed by atoms with Crippen LogP contribution in [0.5, 0.6) is 11.5 Å². The minimum absolute atomic E-state index is 0.0530. The third-order valence-corrected chi connectivity index (χ3v) is 6.12. The van der Waals surface area contributed by atoms with Crippen LogP contribution in [0.1, 0.15) is 39.5 Å². The summed E-state index contributed by atoms with van der Waals surface area (Å²) >= 11 is 0. The molecule has 1 saturated carbocycles. The molecule has 2 heterocycles. The van der Waals surface area contributed by atoms with E-state index < -0.39 is 0 Å². The standard InChI is InChI=1S/C25H31N5O4/c1-14(2)27-24(31)15-7-9-16(10-8-15)28-18-6-5-11-26-22(18)23-29-19-12-17(33-3)13-20(34-4)21(19)25(32)30-23/h5-6,11-16,28H,7-10H2,1-4H3,(H,27,31)(H,29,30,32). The number of fused-ring (bicyclic) bond motifs is 1. The number of anilines is 1. The fraction of sp³-hybridized carbons (Fsp3) is 0.440. The van der Waals surface area contributed by atoms with Gasteiger partial charge in [0.1, 0.15) is 22.6 Å². The van der Waals surface area contributed by atoms with Crippen LogP contribution in [0.2, 0.25) is 0 Å². The van der Waals surface area contributed by atoms with Crippen molar-refractivity contribution in [3.05, 3.63) is 40.8 Å². The number of methoxy groups -OCH3 is 2. The van der Waals surface area contributed by atoms with Crippen molar-refractivity contribution in [1.29, 1.82) is 0 Å². The van der Waals surface area contributed by atoms with Crippen LogP contribution in [0.4, 0.5) is 5.69 Å². The molecule has 1 aliphatic carbocycles. The zero-order valence-corrected chi connectivity index (χ0v) is 20.0. The van der Waals surface area contributed by atoms with Gasteiger partial charge in [0.05, 0.1) is 25.4 Å². The van der Waals surface area contributed by atoms with Crippen LogP contribution in [-0.4, -0.2) is 47.2 Å². The molecule has 9 nitrogen and oxygen atoms in total. The molecule has 1 fully saturated rings. The highest BCUT2D eigenvalue weighted by molar-refractivity contribution is 5.87. The smallest absolute Gasteiger partial charge is 0.262 e. The van der Waals surface area contributed by atoms with Crippen LogP contribution in [0.25, 0.3) is 22.4 Å². The second-order valence-corrected chi connectivity index (χ2v) is 8.89. The maximum Gasteiger partial charge on any atom is 0.262 e. The topological polar surface area (TPSA) is 118 Å². The van der Waals surface area contributed by atoms with Gasteiger partial charge in [0, 0.05) is 36.3 Å². The average molecular weight is 466 g/mol. The van der Waals surface area contributed by atoms with E-state index in [2.05, 4.69) is 25.6 Å². The van der Waals surface area contributed by atoms with E-state index in [-0.39, 0.29) is 29.5 Å². The SMILES string of the molecule is COc1cc(OC)c2c(=O)[nH]c(-c3ncccc3NC3CCC(C(=O)NC(C)C)CC3)nc2c1. The number of H-pyrrole nitrogens is 1. The lowest BCUT2D eigenvalue weighted by atomic mass is 9.85. The molecule has 34 heavy (non-hydrogen) atoms. The fourth-order valence-electron chi connectivity index (χ4n) is 4.43. The number of aromatic amines is 1. The molecular formula is C25H31N5O4. The van der Waals surface area contributed by atoms with Crippen LogP contribution in [-0.2, 0) is 4.79 Å². The molecule has 2 aromatic heterocycles. The second-order valence-electron chi connectivity index (χ2n) is 8.89. The van der Waals surface area contributed by atoms with Gasteiger partial charge in [0.15, 0.2) is 5.82 Å². The molecule has 1 aromatic carbocycles. The minimum Gasteiger partial charge on any atom is -0.497 e. The van der Waals surface area contributed by atoms with Gasteiger partial charge in [-0.25, -0.2) is 4.98 Å². The van der Waals surface area contributed by atoms with Crippen LogP contribution in [0.15, 0.2) is 35.3 Å². The van der Waals surface area contributed by atoms with Crippen molar-refractivity contribution >= 4 is 22.5 Å². The number of carbonyl (C=O) groups excluding carboxylic acids is 1. The summed E-state index contributed by atoms with van der Waals surface area (Å²) in [5.74, 6) is 1.50. The van der Waals surface area contributed by atoms with E-state index in [9.17, 15) is 9.59 Å². The van der Waals surface area contributed by atoms with Gasteiger partial charge in [-0.2, -0.15) is 0 Å². The van der Waals surface area contributed by atoms with Gasteiger partial charge < -0.3 is 25.1 Å². The molecule has 0 bridgehead atoms. The Morgan fingerprint density at radius 3 is 2.59 bits per heavy atom. The molecule has 0 spiro atoms. The molecule has 180 valence electrons. The Bertz CT molecular complexity index is 1230. The van der Waals surface area contributed by atoms with E-state index in [1.54, 1.807) is 25.4 Å². The Morgan fingerprint density at radius 1 is 1.15 bits per heavy atom. The van der Waals surface area contributed by atoms with Gasteiger partial charge in [0.25, 0.3) is 5.56 Å². The predicted octanol–water partition coefficient (Wildman–Crippen LogP) is 3.50. The number of benzene rings is 1. The molecule has 0 radical (unpaired) electrons. The molecule has 0 unspecified atom stereocenters. The second kappa shape index (κ2) is 10.1. The van der Waals surface area contributed by atoms with Crippen LogP contribution >= 0.6 is 0 Å². The number of hydrogen-bond donors (Lipinski definition) is 3. The van der Waals surface area contributed by atoms with E-state index in [1.165, 1.54) is 7.11 Å². The maximum absolute atomic E-state index is 12.9. The van der Waals surface area contributed by atoms with Crippen molar-refractivity contribution in [2.45, 2.75) is 51.6 Å². The number of carbonyl (C=O) groups is 1. The number of nitrogens with zero attached hydrogens (tertiary/aromatic N) is 2. The van der Waals surface area contributed by atoms with Gasteiger partial charge in [-0.1, -0.05) is 0 Å². The average Bonchev–Trinajstić information content (AvgIpc) is 2.83.